The first kappa shape index (κ1) is 9.15. The quantitative estimate of drug-likeness (QED) is 0.676. The smallest absolute Gasteiger partial charge is 0.342 e. The first-order valence-electron chi connectivity index (χ1n) is 3.98. The summed E-state index contributed by atoms with van der Waals surface area (Å²) in [6, 6.07) is 4.76. The van der Waals surface area contributed by atoms with Crippen LogP contribution in [0.1, 0.15) is 10.4 Å². The number of esters is 1. The number of rotatable bonds is 1. The SMILES string of the molecule is COC(=O)c1c(F)ccc2ccsc12. The third kappa shape index (κ3) is 1.28. The van der Waals surface area contributed by atoms with Crippen LogP contribution in [-0.2, 0) is 4.74 Å². The first-order chi connectivity index (χ1) is 6.74. The molecule has 2 aromatic rings. The number of halogens is 1. The summed E-state index contributed by atoms with van der Waals surface area (Å²) < 4.78 is 18.5. The summed E-state index contributed by atoms with van der Waals surface area (Å²) in [5.74, 6) is -1.16. The van der Waals surface area contributed by atoms with Gasteiger partial charge in [-0.1, -0.05) is 6.07 Å². The fraction of sp³-hybridized carbons (Fsp3) is 0.100. The molecule has 0 saturated carbocycles. The summed E-state index contributed by atoms with van der Waals surface area (Å²) in [7, 11) is 1.24. The van der Waals surface area contributed by atoms with Crippen molar-refractivity contribution < 1.29 is 13.9 Å². The second-order valence-corrected chi connectivity index (χ2v) is 3.67. The summed E-state index contributed by atoms with van der Waals surface area (Å²) in [5, 5.41) is 2.67. The minimum absolute atomic E-state index is 0.0278. The van der Waals surface area contributed by atoms with Gasteiger partial charge in [-0.05, 0) is 22.9 Å². The topological polar surface area (TPSA) is 26.3 Å². The van der Waals surface area contributed by atoms with Crippen LogP contribution in [0.15, 0.2) is 23.6 Å². The molecular weight excluding hydrogens is 203 g/mol. The molecule has 2 rings (SSSR count). The van der Waals surface area contributed by atoms with Gasteiger partial charge in [0, 0.05) is 0 Å². The van der Waals surface area contributed by atoms with Gasteiger partial charge in [0.05, 0.1) is 11.8 Å². The molecule has 0 spiro atoms. The Morgan fingerprint density at radius 3 is 2.93 bits per heavy atom. The molecule has 0 unspecified atom stereocenters. The molecule has 0 aliphatic heterocycles. The molecule has 0 fully saturated rings. The largest absolute Gasteiger partial charge is 0.465 e. The summed E-state index contributed by atoms with van der Waals surface area (Å²) in [6.07, 6.45) is 0. The lowest BCUT2D eigenvalue weighted by Crippen LogP contribution is -2.04. The van der Waals surface area contributed by atoms with Crippen LogP contribution in [-0.4, -0.2) is 13.1 Å². The van der Waals surface area contributed by atoms with Crippen LogP contribution in [0.25, 0.3) is 10.1 Å². The fourth-order valence-electron chi connectivity index (χ4n) is 1.30. The van der Waals surface area contributed by atoms with Gasteiger partial charge in [0.15, 0.2) is 0 Å². The van der Waals surface area contributed by atoms with Gasteiger partial charge in [0.25, 0.3) is 0 Å². The molecule has 72 valence electrons. The van der Waals surface area contributed by atoms with E-state index in [1.54, 1.807) is 6.07 Å². The first-order valence-corrected chi connectivity index (χ1v) is 4.86. The van der Waals surface area contributed by atoms with Crippen molar-refractivity contribution >= 4 is 27.4 Å². The average molecular weight is 210 g/mol. The fourth-order valence-corrected chi connectivity index (χ4v) is 2.22. The number of ether oxygens (including phenoxy) is 1. The van der Waals surface area contributed by atoms with Crippen LogP contribution < -0.4 is 0 Å². The van der Waals surface area contributed by atoms with Crippen molar-refractivity contribution in [1.82, 2.24) is 0 Å². The van der Waals surface area contributed by atoms with Crippen molar-refractivity contribution in [2.24, 2.45) is 0 Å². The van der Waals surface area contributed by atoms with Crippen molar-refractivity contribution in [3.63, 3.8) is 0 Å². The summed E-state index contributed by atoms with van der Waals surface area (Å²) >= 11 is 1.33. The Morgan fingerprint density at radius 1 is 1.43 bits per heavy atom. The second-order valence-electron chi connectivity index (χ2n) is 2.75. The minimum atomic E-state index is -0.629. The van der Waals surface area contributed by atoms with Gasteiger partial charge in [0.2, 0.25) is 0 Å². The maximum absolute atomic E-state index is 13.3. The van der Waals surface area contributed by atoms with E-state index in [9.17, 15) is 9.18 Å². The van der Waals surface area contributed by atoms with Crippen LogP contribution in [0.3, 0.4) is 0 Å². The molecule has 14 heavy (non-hydrogen) atoms. The molecule has 0 saturated heterocycles. The molecule has 1 aromatic carbocycles. The lowest BCUT2D eigenvalue weighted by molar-refractivity contribution is 0.0598. The zero-order valence-electron chi connectivity index (χ0n) is 7.41. The van der Waals surface area contributed by atoms with E-state index in [0.717, 1.165) is 5.39 Å². The van der Waals surface area contributed by atoms with E-state index in [2.05, 4.69) is 4.74 Å². The van der Waals surface area contributed by atoms with Gasteiger partial charge >= 0.3 is 5.97 Å². The van der Waals surface area contributed by atoms with Crippen molar-refractivity contribution in [3.8, 4) is 0 Å². The number of fused-ring (bicyclic) bond motifs is 1. The summed E-state index contributed by atoms with van der Waals surface area (Å²) in [5.41, 5.74) is 0.0278. The number of carbonyl (C=O) groups excluding carboxylic acids is 1. The predicted octanol–water partition coefficient (Wildman–Crippen LogP) is 2.83. The van der Waals surface area contributed by atoms with Crippen molar-refractivity contribution in [1.29, 1.82) is 0 Å². The van der Waals surface area contributed by atoms with Crippen LogP contribution in [0.4, 0.5) is 4.39 Å². The van der Waals surface area contributed by atoms with E-state index in [1.165, 1.54) is 24.5 Å². The normalized spacial score (nSPS) is 10.4. The molecule has 0 atom stereocenters. The molecule has 1 heterocycles. The highest BCUT2D eigenvalue weighted by Gasteiger charge is 2.16. The van der Waals surface area contributed by atoms with Gasteiger partial charge in [-0.3, -0.25) is 0 Å². The minimum Gasteiger partial charge on any atom is -0.465 e. The molecule has 0 amide bonds. The van der Waals surface area contributed by atoms with E-state index in [0.29, 0.717) is 4.70 Å². The number of hydrogen-bond donors (Lipinski definition) is 0. The van der Waals surface area contributed by atoms with Crippen LogP contribution >= 0.6 is 11.3 Å². The van der Waals surface area contributed by atoms with Crippen LogP contribution in [0, 0.1) is 5.82 Å². The van der Waals surface area contributed by atoms with Crippen molar-refractivity contribution in [2.75, 3.05) is 7.11 Å². The van der Waals surface area contributed by atoms with E-state index < -0.39 is 11.8 Å². The van der Waals surface area contributed by atoms with Crippen LogP contribution in [0.2, 0.25) is 0 Å². The maximum Gasteiger partial charge on any atom is 0.342 e. The van der Waals surface area contributed by atoms with Gasteiger partial charge in [-0.15, -0.1) is 11.3 Å². The van der Waals surface area contributed by atoms with Gasteiger partial charge in [-0.2, -0.15) is 0 Å². The monoisotopic (exact) mass is 210 g/mol. The van der Waals surface area contributed by atoms with E-state index in [-0.39, 0.29) is 5.56 Å². The lowest BCUT2D eigenvalue weighted by atomic mass is 10.1. The van der Waals surface area contributed by atoms with Crippen molar-refractivity contribution in [3.05, 3.63) is 35.0 Å². The molecule has 0 aliphatic rings. The zero-order chi connectivity index (χ0) is 10.1. The third-order valence-corrected chi connectivity index (χ3v) is 2.91. The Hall–Kier alpha value is -1.42. The van der Waals surface area contributed by atoms with E-state index in [4.69, 9.17) is 0 Å². The summed E-state index contributed by atoms with van der Waals surface area (Å²) in [4.78, 5) is 11.3. The maximum atomic E-state index is 13.3. The number of benzene rings is 1. The highest BCUT2D eigenvalue weighted by molar-refractivity contribution is 7.17. The Kier molecular flexibility index (Phi) is 2.21. The molecule has 1 aromatic heterocycles. The van der Waals surface area contributed by atoms with Crippen LogP contribution in [0.5, 0.6) is 0 Å². The highest BCUT2D eigenvalue weighted by Crippen LogP contribution is 2.27. The molecule has 0 bridgehead atoms. The molecule has 0 aliphatic carbocycles. The summed E-state index contributed by atoms with van der Waals surface area (Å²) in [6.45, 7) is 0. The molecule has 4 heteroatoms. The Balaban J connectivity index is 2.76. The lowest BCUT2D eigenvalue weighted by Gasteiger charge is -2.01. The highest BCUT2D eigenvalue weighted by atomic mass is 32.1. The molecule has 0 N–H and O–H groups in total. The van der Waals surface area contributed by atoms with Gasteiger partial charge in [0.1, 0.15) is 11.4 Å². The van der Waals surface area contributed by atoms with E-state index in [1.807, 2.05) is 11.4 Å². The average Bonchev–Trinajstić information content (AvgIpc) is 2.64. The predicted molar refractivity (Wildman–Crippen MR) is 53.1 cm³/mol. The standard InChI is InChI=1S/C10H7FO2S/c1-13-10(12)8-7(11)3-2-6-4-5-14-9(6)8/h2-5H,1H3. The number of carbonyl (C=O) groups is 1. The zero-order valence-corrected chi connectivity index (χ0v) is 8.23. The molecule has 0 radical (unpaired) electrons. The van der Waals surface area contributed by atoms with Gasteiger partial charge < -0.3 is 4.74 Å². The Labute approximate surface area is 83.9 Å². The number of hydrogen-bond acceptors (Lipinski definition) is 3. The Bertz CT molecular complexity index is 490. The molecular formula is C10H7FO2S. The number of methoxy groups -OCH3 is 1. The van der Waals surface area contributed by atoms with Gasteiger partial charge in [-0.25, -0.2) is 9.18 Å². The third-order valence-electron chi connectivity index (χ3n) is 1.96. The molecule has 2 nitrogen and oxygen atoms in total. The number of thiophene rings is 1. The van der Waals surface area contributed by atoms with E-state index >= 15 is 0 Å². The second kappa shape index (κ2) is 3.38. The van der Waals surface area contributed by atoms with Crippen molar-refractivity contribution in [2.45, 2.75) is 0 Å². The Morgan fingerprint density at radius 2 is 2.21 bits per heavy atom.